The van der Waals surface area contributed by atoms with Crippen LogP contribution in [0.25, 0.3) is 0 Å². The first-order valence-electron chi connectivity index (χ1n) is 7.94. The van der Waals surface area contributed by atoms with Crippen molar-refractivity contribution in [3.05, 3.63) is 29.8 Å². The van der Waals surface area contributed by atoms with Gasteiger partial charge in [-0.2, -0.15) is 0 Å². The van der Waals surface area contributed by atoms with Crippen molar-refractivity contribution in [1.82, 2.24) is 4.90 Å². The number of likely N-dealkylation sites (tertiary alicyclic amines) is 1. The van der Waals surface area contributed by atoms with E-state index in [-0.39, 0.29) is 0 Å². The molecule has 0 saturated carbocycles. The van der Waals surface area contributed by atoms with E-state index < -0.39 is 5.97 Å². The number of hydrogen-bond donors (Lipinski definition) is 1. The molecule has 0 bridgehead atoms. The normalized spacial score (nSPS) is 17.0. The lowest BCUT2D eigenvalue weighted by molar-refractivity contribution is 0.0697. The van der Waals surface area contributed by atoms with Crippen LogP contribution in [0.4, 0.5) is 0 Å². The smallest absolute Gasteiger partial charge is 0.335 e. The SMILES string of the molecule is O=C(O)c1ccc(OCCCN2CCCCCCC2)cc1. The Hall–Kier alpha value is -1.55. The van der Waals surface area contributed by atoms with Gasteiger partial charge in [0.25, 0.3) is 0 Å². The summed E-state index contributed by atoms with van der Waals surface area (Å²) in [6, 6.07) is 6.60. The second kappa shape index (κ2) is 8.67. The quantitative estimate of drug-likeness (QED) is 0.816. The third kappa shape index (κ3) is 5.76. The number of carboxylic acids is 1. The highest BCUT2D eigenvalue weighted by Gasteiger charge is 2.07. The molecular formula is C17H25NO3. The third-order valence-corrected chi connectivity index (χ3v) is 3.94. The van der Waals surface area contributed by atoms with Crippen LogP contribution in [0.3, 0.4) is 0 Å². The number of carboxylic acid groups (broad SMARTS) is 1. The Morgan fingerprint density at radius 2 is 1.67 bits per heavy atom. The number of carbonyl (C=O) groups is 1. The summed E-state index contributed by atoms with van der Waals surface area (Å²) in [5.41, 5.74) is 0.294. The molecule has 0 amide bonds. The fraction of sp³-hybridized carbons (Fsp3) is 0.588. The Kier molecular flexibility index (Phi) is 6.54. The maximum absolute atomic E-state index is 10.8. The molecule has 2 rings (SSSR count). The van der Waals surface area contributed by atoms with Crippen molar-refractivity contribution in [2.45, 2.75) is 38.5 Å². The molecule has 0 aromatic heterocycles. The van der Waals surface area contributed by atoms with Crippen molar-refractivity contribution in [2.24, 2.45) is 0 Å². The van der Waals surface area contributed by atoms with E-state index in [2.05, 4.69) is 4.90 Å². The van der Waals surface area contributed by atoms with E-state index in [0.29, 0.717) is 12.2 Å². The summed E-state index contributed by atoms with van der Waals surface area (Å²) in [6.07, 6.45) is 7.77. The van der Waals surface area contributed by atoms with E-state index >= 15 is 0 Å². The van der Waals surface area contributed by atoms with Crippen molar-refractivity contribution in [3.63, 3.8) is 0 Å². The molecule has 21 heavy (non-hydrogen) atoms. The fourth-order valence-corrected chi connectivity index (χ4v) is 2.71. The van der Waals surface area contributed by atoms with Gasteiger partial charge in [0, 0.05) is 6.54 Å². The summed E-state index contributed by atoms with van der Waals surface area (Å²) in [7, 11) is 0. The van der Waals surface area contributed by atoms with Gasteiger partial charge >= 0.3 is 5.97 Å². The Balaban J connectivity index is 1.65. The first-order valence-corrected chi connectivity index (χ1v) is 7.94. The molecule has 0 spiro atoms. The molecule has 1 aliphatic rings. The molecule has 1 aromatic carbocycles. The molecule has 1 fully saturated rings. The predicted octanol–water partition coefficient (Wildman–Crippen LogP) is 3.42. The van der Waals surface area contributed by atoms with E-state index in [9.17, 15) is 4.79 Å². The standard InChI is InChI=1S/C17H25NO3/c19-17(20)15-7-9-16(10-8-15)21-14-6-13-18-11-4-2-1-3-5-12-18/h7-10H,1-6,11-14H2,(H,19,20). The van der Waals surface area contributed by atoms with E-state index in [4.69, 9.17) is 9.84 Å². The van der Waals surface area contributed by atoms with Crippen molar-refractivity contribution < 1.29 is 14.6 Å². The van der Waals surface area contributed by atoms with Crippen molar-refractivity contribution in [3.8, 4) is 5.75 Å². The Bertz CT molecular complexity index is 422. The number of nitrogens with zero attached hydrogens (tertiary/aromatic N) is 1. The molecule has 4 nitrogen and oxygen atoms in total. The van der Waals surface area contributed by atoms with Crippen LogP contribution in [0.15, 0.2) is 24.3 Å². The van der Waals surface area contributed by atoms with Gasteiger partial charge < -0.3 is 14.7 Å². The van der Waals surface area contributed by atoms with Gasteiger partial charge in [-0.3, -0.25) is 0 Å². The molecule has 0 radical (unpaired) electrons. The summed E-state index contributed by atoms with van der Waals surface area (Å²) in [5.74, 6) is -0.161. The lowest BCUT2D eigenvalue weighted by atomic mass is 10.1. The van der Waals surface area contributed by atoms with E-state index in [1.807, 2.05) is 0 Å². The van der Waals surface area contributed by atoms with Gasteiger partial charge in [0.2, 0.25) is 0 Å². The largest absolute Gasteiger partial charge is 0.494 e. The maximum atomic E-state index is 10.8. The number of benzene rings is 1. The topological polar surface area (TPSA) is 49.8 Å². The van der Waals surface area contributed by atoms with Crippen LogP contribution in [-0.4, -0.2) is 42.2 Å². The van der Waals surface area contributed by atoms with Gasteiger partial charge in [0.15, 0.2) is 0 Å². The molecule has 0 unspecified atom stereocenters. The number of ether oxygens (including phenoxy) is 1. The van der Waals surface area contributed by atoms with Gasteiger partial charge in [-0.05, 0) is 56.6 Å². The fourth-order valence-electron chi connectivity index (χ4n) is 2.71. The minimum atomic E-state index is -0.904. The van der Waals surface area contributed by atoms with Crippen LogP contribution < -0.4 is 4.74 Å². The summed E-state index contributed by atoms with van der Waals surface area (Å²) in [5, 5.41) is 8.83. The zero-order valence-corrected chi connectivity index (χ0v) is 12.6. The molecule has 1 aromatic rings. The predicted molar refractivity (Wildman–Crippen MR) is 83.0 cm³/mol. The second-order valence-electron chi connectivity index (χ2n) is 5.64. The summed E-state index contributed by atoms with van der Waals surface area (Å²) in [4.78, 5) is 13.3. The van der Waals surface area contributed by atoms with Crippen molar-refractivity contribution in [1.29, 1.82) is 0 Å². The van der Waals surface area contributed by atoms with Crippen LogP contribution in [0.5, 0.6) is 5.75 Å². The Labute approximate surface area is 126 Å². The van der Waals surface area contributed by atoms with Gasteiger partial charge in [-0.25, -0.2) is 4.79 Å². The van der Waals surface area contributed by atoms with Crippen LogP contribution in [0, 0.1) is 0 Å². The van der Waals surface area contributed by atoms with Crippen LogP contribution in [-0.2, 0) is 0 Å². The van der Waals surface area contributed by atoms with E-state index in [1.54, 1.807) is 24.3 Å². The monoisotopic (exact) mass is 291 g/mol. The summed E-state index contributed by atoms with van der Waals surface area (Å²) >= 11 is 0. The van der Waals surface area contributed by atoms with Gasteiger partial charge in [-0.15, -0.1) is 0 Å². The molecule has 0 aliphatic carbocycles. The first-order chi connectivity index (χ1) is 10.3. The molecule has 1 aliphatic heterocycles. The number of aromatic carboxylic acids is 1. The van der Waals surface area contributed by atoms with Crippen LogP contribution in [0.1, 0.15) is 48.9 Å². The average Bonchev–Trinajstić information content (AvgIpc) is 2.45. The zero-order chi connectivity index (χ0) is 14.9. The highest BCUT2D eigenvalue weighted by Crippen LogP contribution is 2.13. The highest BCUT2D eigenvalue weighted by molar-refractivity contribution is 5.87. The molecule has 116 valence electrons. The van der Waals surface area contributed by atoms with E-state index in [0.717, 1.165) is 18.7 Å². The first kappa shape index (κ1) is 15.8. The molecule has 0 atom stereocenters. The average molecular weight is 291 g/mol. The molecule has 4 heteroatoms. The Morgan fingerprint density at radius 3 is 2.29 bits per heavy atom. The highest BCUT2D eigenvalue weighted by atomic mass is 16.5. The minimum absolute atomic E-state index is 0.294. The lowest BCUT2D eigenvalue weighted by Gasteiger charge is -2.24. The van der Waals surface area contributed by atoms with Gasteiger partial charge in [0.1, 0.15) is 5.75 Å². The maximum Gasteiger partial charge on any atom is 0.335 e. The van der Waals surface area contributed by atoms with Crippen molar-refractivity contribution in [2.75, 3.05) is 26.2 Å². The minimum Gasteiger partial charge on any atom is -0.494 e. The second-order valence-corrected chi connectivity index (χ2v) is 5.64. The van der Waals surface area contributed by atoms with Gasteiger partial charge in [-0.1, -0.05) is 19.3 Å². The number of rotatable bonds is 6. The third-order valence-electron chi connectivity index (χ3n) is 3.94. The lowest BCUT2D eigenvalue weighted by Crippen LogP contribution is -2.29. The molecule has 1 saturated heterocycles. The number of hydrogen-bond acceptors (Lipinski definition) is 3. The molecule has 1 heterocycles. The summed E-state index contributed by atoms with van der Waals surface area (Å²) in [6.45, 7) is 4.21. The molecule has 1 N–H and O–H groups in total. The van der Waals surface area contributed by atoms with Gasteiger partial charge in [0.05, 0.1) is 12.2 Å². The Morgan fingerprint density at radius 1 is 1.05 bits per heavy atom. The summed E-state index contributed by atoms with van der Waals surface area (Å²) < 4.78 is 5.67. The van der Waals surface area contributed by atoms with Crippen LogP contribution >= 0.6 is 0 Å². The van der Waals surface area contributed by atoms with Crippen molar-refractivity contribution >= 4 is 5.97 Å². The molecular weight excluding hydrogens is 266 g/mol. The van der Waals surface area contributed by atoms with Crippen LogP contribution in [0.2, 0.25) is 0 Å². The zero-order valence-electron chi connectivity index (χ0n) is 12.6. The van der Waals surface area contributed by atoms with E-state index in [1.165, 1.54) is 45.2 Å².